The van der Waals surface area contributed by atoms with Crippen molar-refractivity contribution < 1.29 is 14.4 Å². The molecule has 1 heterocycles. The Labute approximate surface area is 106 Å². The van der Waals surface area contributed by atoms with Crippen molar-refractivity contribution in [1.82, 2.24) is 10.2 Å². The normalized spacial score (nSPS) is 24.6. The largest absolute Gasteiger partial charge is 0.321 e. The van der Waals surface area contributed by atoms with Crippen LogP contribution in [0.2, 0.25) is 0 Å². The van der Waals surface area contributed by atoms with E-state index in [4.69, 9.17) is 0 Å². The summed E-state index contributed by atoms with van der Waals surface area (Å²) in [4.78, 5) is 36.2. The lowest BCUT2D eigenvalue weighted by molar-refractivity contribution is -0.149. The molecule has 0 aromatic carbocycles. The number of rotatable bonds is 2. The molecule has 5 nitrogen and oxygen atoms in total. The highest BCUT2D eigenvalue weighted by Crippen LogP contribution is 2.21. The number of hydrogen-bond acceptors (Lipinski definition) is 3. The Morgan fingerprint density at radius 1 is 1.44 bits per heavy atom. The number of allylic oxidation sites excluding steroid dienone is 1. The molecule has 1 saturated heterocycles. The van der Waals surface area contributed by atoms with Crippen LogP contribution in [0.5, 0.6) is 0 Å². The zero-order chi connectivity index (χ0) is 13.1. The molecule has 1 atom stereocenters. The summed E-state index contributed by atoms with van der Waals surface area (Å²) >= 11 is 0. The van der Waals surface area contributed by atoms with Crippen LogP contribution in [0.25, 0.3) is 0 Å². The van der Waals surface area contributed by atoms with E-state index in [9.17, 15) is 14.4 Å². The van der Waals surface area contributed by atoms with Gasteiger partial charge in [0.2, 0.25) is 17.7 Å². The SMILES string of the molecule is CC1C(=O)NC(=O)CN1C(=O)CC1=CCCCC1. The van der Waals surface area contributed by atoms with Crippen molar-refractivity contribution in [3.63, 3.8) is 0 Å². The number of piperazine rings is 1. The third kappa shape index (κ3) is 2.78. The van der Waals surface area contributed by atoms with E-state index in [0.717, 1.165) is 24.8 Å². The van der Waals surface area contributed by atoms with E-state index < -0.39 is 17.9 Å². The van der Waals surface area contributed by atoms with Gasteiger partial charge in [-0.05, 0) is 32.6 Å². The quantitative estimate of drug-likeness (QED) is 0.581. The van der Waals surface area contributed by atoms with Crippen LogP contribution in [0.4, 0.5) is 0 Å². The molecule has 1 aliphatic carbocycles. The Morgan fingerprint density at radius 3 is 2.89 bits per heavy atom. The van der Waals surface area contributed by atoms with Gasteiger partial charge in [0.15, 0.2) is 0 Å². The molecule has 5 heteroatoms. The average Bonchev–Trinajstić information content (AvgIpc) is 2.35. The first-order valence-electron chi connectivity index (χ1n) is 6.39. The van der Waals surface area contributed by atoms with Gasteiger partial charge in [0.05, 0.1) is 0 Å². The van der Waals surface area contributed by atoms with Gasteiger partial charge in [-0.25, -0.2) is 0 Å². The van der Waals surface area contributed by atoms with Gasteiger partial charge in [0.1, 0.15) is 12.6 Å². The molecule has 1 N–H and O–H groups in total. The first kappa shape index (κ1) is 12.8. The van der Waals surface area contributed by atoms with Crippen LogP contribution in [-0.4, -0.2) is 35.2 Å². The van der Waals surface area contributed by atoms with Gasteiger partial charge in [-0.2, -0.15) is 0 Å². The van der Waals surface area contributed by atoms with E-state index in [1.54, 1.807) is 6.92 Å². The minimum absolute atomic E-state index is 0.0149. The molecule has 0 aromatic rings. The summed E-state index contributed by atoms with van der Waals surface area (Å²) in [5.41, 5.74) is 1.14. The third-order valence-corrected chi connectivity index (χ3v) is 3.51. The van der Waals surface area contributed by atoms with Crippen LogP contribution in [0.1, 0.15) is 39.0 Å². The fraction of sp³-hybridized carbons (Fsp3) is 0.615. The standard InChI is InChI=1S/C13H18N2O3/c1-9-13(18)14-11(16)8-15(9)12(17)7-10-5-3-2-4-6-10/h5,9H,2-4,6-8H2,1H3,(H,14,16,18). The number of carbonyl (C=O) groups excluding carboxylic acids is 3. The molecule has 1 fully saturated rings. The molecule has 0 saturated carbocycles. The summed E-state index contributed by atoms with van der Waals surface area (Å²) in [7, 11) is 0. The van der Waals surface area contributed by atoms with Gasteiger partial charge in [-0.3, -0.25) is 19.7 Å². The van der Waals surface area contributed by atoms with Crippen molar-refractivity contribution in [2.45, 2.75) is 45.1 Å². The summed E-state index contributed by atoms with van der Waals surface area (Å²) in [6.45, 7) is 1.63. The Balaban J connectivity index is 2.01. The fourth-order valence-electron chi connectivity index (χ4n) is 2.38. The molecule has 1 aliphatic heterocycles. The number of imide groups is 1. The van der Waals surface area contributed by atoms with Gasteiger partial charge in [-0.15, -0.1) is 0 Å². The summed E-state index contributed by atoms with van der Waals surface area (Å²) in [5.74, 6) is -0.917. The lowest BCUT2D eigenvalue weighted by atomic mass is 9.96. The van der Waals surface area contributed by atoms with Crippen molar-refractivity contribution in [2.24, 2.45) is 0 Å². The number of nitrogens with zero attached hydrogens (tertiary/aromatic N) is 1. The molecule has 18 heavy (non-hydrogen) atoms. The summed E-state index contributed by atoms with van der Waals surface area (Å²) in [6.07, 6.45) is 6.72. The van der Waals surface area contributed by atoms with Crippen LogP contribution in [0.3, 0.4) is 0 Å². The molecule has 98 valence electrons. The Bertz CT molecular complexity index is 414. The van der Waals surface area contributed by atoms with Crippen LogP contribution < -0.4 is 5.32 Å². The zero-order valence-electron chi connectivity index (χ0n) is 10.6. The van der Waals surface area contributed by atoms with Gasteiger partial charge < -0.3 is 4.90 Å². The monoisotopic (exact) mass is 250 g/mol. The maximum absolute atomic E-state index is 12.1. The van der Waals surface area contributed by atoms with Crippen LogP contribution in [0, 0.1) is 0 Å². The lowest BCUT2D eigenvalue weighted by Gasteiger charge is -2.32. The Hall–Kier alpha value is -1.65. The van der Waals surface area contributed by atoms with Gasteiger partial charge >= 0.3 is 0 Å². The molecule has 0 aromatic heterocycles. The lowest BCUT2D eigenvalue weighted by Crippen LogP contribution is -2.58. The second-order valence-corrected chi connectivity index (χ2v) is 4.89. The van der Waals surface area contributed by atoms with E-state index >= 15 is 0 Å². The van der Waals surface area contributed by atoms with Gasteiger partial charge in [0.25, 0.3) is 0 Å². The number of hydrogen-bond donors (Lipinski definition) is 1. The molecular weight excluding hydrogens is 232 g/mol. The van der Waals surface area contributed by atoms with Gasteiger partial charge in [-0.1, -0.05) is 11.6 Å². The third-order valence-electron chi connectivity index (χ3n) is 3.51. The molecule has 0 spiro atoms. The van der Waals surface area contributed by atoms with E-state index in [2.05, 4.69) is 11.4 Å². The van der Waals surface area contributed by atoms with E-state index in [1.165, 1.54) is 11.3 Å². The van der Waals surface area contributed by atoms with Gasteiger partial charge in [0, 0.05) is 6.42 Å². The molecule has 0 radical (unpaired) electrons. The van der Waals surface area contributed by atoms with Crippen molar-refractivity contribution >= 4 is 17.7 Å². The molecule has 2 aliphatic rings. The average molecular weight is 250 g/mol. The summed E-state index contributed by atoms with van der Waals surface area (Å²) in [5, 5.41) is 2.23. The van der Waals surface area contributed by atoms with E-state index in [1.807, 2.05) is 0 Å². The van der Waals surface area contributed by atoms with Crippen molar-refractivity contribution in [2.75, 3.05) is 6.54 Å². The molecule has 0 bridgehead atoms. The number of nitrogens with one attached hydrogen (secondary N) is 1. The predicted octanol–water partition coefficient (Wildman–Crippen LogP) is 0.750. The Morgan fingerprint density at radius 2 is 2.22 bits per heavy atom. The highest BCUT2D eigenvalue weighted by molar-refractivity contribution is 6.04. The number of amides is 3. The molecule has 1 unspecified atom stereocenters. The molecular formula is C13H18N2O3. The molecule has 3 amide bonds. The van der Waals surface area contributed by atoms with E-state index in [0.29, 0.717) is 6.42 Å². The zero-order valence-corrected chi connectivity index (χ0v) is 10.6. The highest BCUT2D eigenvalue weighted by atomic mass is 16.2. The second kappa shape index (κ2) is 5.33. The van der Waals surface area contributed by atoms with Crippen LogP contribution in [0.15, 0.2) is 11.6 Å². The summed E-state index contributed by atoms with van der Waals surface area (Å²) < 4.78 is 0. The maximum Gasteiger partial charge on any atom is 0.249 e. The van der Waals surface area contributed by atoms with Crippen molar-refractivity contribution in [3.8, 4) is 0 Å². The van der Waals surface area contributed by atoms with Crippen molar-refractivity contribution in [3.05, 3.63) is 11.6 Å². The highest BCUT2D eigenvalue weighted by Gasteiger charge is 2.33. The fourth-order valence-corrected chi connectivity index (χ4v) is 2.38. The van der Waals surface area contributed by atoms with E-state index in [-0.39, 0.29) is 12.5 Å². The predicted molar refractivity (Wildman–Crippen MR) is 65.5 cm³/mol. The minimum Gasteiger partial charge on any atom is -0.321 e. The smallest absolute Gasteiger partial charge is 0.249 e. The van der Waals surface area contributed by atoms with Crippen LogP contribution in [-0.2, 0) is 14.4 Å². The number of carbonyl (C=O) groups is 3. The first-order valence-corrected chi connectivity index (χ1v) is 6.39. The van der Waals surface area contributed by atoms with Crippen molar-refractivity contribution in [1.29, 1.82) is 0 Å². The van der Waals surface area contributed by atoms with Crippen LogP contribution >= 0.6 is 0 Å². The Kier molecular flexibility index (Phi) is 3.79. The topological polar surface area (TPSA) is 66.5 Å². The summed E-state index contributed by atoms with van der Waals surface area (Å²) in [6, 6.07) is -0.556. The second-order valence-electron chi connectivity index (χ2n) is 4.89. The maximum atomic E-state index is 12.1. The molecule has 2 rings (SSSR count). The minimum atomic E-state index is -0.556. The first-order chi connectivity index (χ1) is 8.58.